The van der Waals surface area contributed by atoms with Gasteiger partial charge in [0, 0.05) is 11.8 Å². The molecule has 1 aromatic heterocycles. The minimum Gasteiger partial charge on any atom is -0.465 e. The van der Waals surface area contributed by atoms with Gasteiger partial charge in [0.1, 0.15) is 5.82 Å². The monoisotopic (exact) mass is 235 g/mol. The number of carbonyl (C=O) groups excluding carboxylic acids is 1. The molecule has 5 nitrogen and oxygen atoms in total. The molecule has 0 aliphatic heterocycles. The molecule has 17 heavy (non-hydrogen) atoms. The molecule has 0 radical (unpaired) electrons. The zero-order valence-corrected chi connectivity index (χ0v) is 10.1. The number of carbonyl (C=O) groups is 1. The van der Waals surface area contributed by atoms with Crippen molar-refractivity contribution in [2.24, 2.45) is 0 Å². The van der Waals surface area contributed by atoms with Crippen molar-refractivity contribution >= 4 is 17.9 Å². The average molecular weight is 235 g/mol. The fourth-order valence-electron chi connectivity index (χ4n) is 1.29. The molecule has 0 unspecified atom stereocenters. The number of nitrogens with zero attached hydrogens (tertiary/aromatic N) is 1. The molecule has 0 atom stereocenters. The SMILES string of the molecule is CNCCC=Cc1cc(C(=O)OC)cnc1N. The van der Waals surface area contributed by atoms with Crippen LogP contribution in [-0.2, 0) is 4.74 Å². The fraction of sp³-hybridized carbons (Fsp3) is 0.333. The summed E-state index contributed by atoms with van der Waals surface area (Å²) in [6.07, 6.45) is 6.13. The Bertz CT molecular complexity index is 416. The Kier molecular flexibility index (Phi) is 5.16. The smallest absolute Gasteiger partial charge is 0.339 e. The van der Waals surface area contributed by atoms with E-state index >= 15 is 0 Å². The second-order valence-corrected chi connectivity index (χ2v) is 3.48. The minimum atomic E-state index is -0.414. The highest BCUT2D eigenvalue weighted by Crippen LogP contribution is 2.13. The molecule has 0 aromatic carbocycles. The van der Waals surface area contributed by atoms with Gasteiger partial charge in [-0.3, -0.25) is 0 Å². The summed E-state index contributed by atoms with van der Waals surface area (Å²) in [5, 5.41) is 3.04. The number of anilines is 1. The van der Waals surface area contributed by atoms with Gasteiger partial charge in [-0.25, -0.2) is 9.78 Å². The molecular weight excluding hydrogens is 218 g/mol. The zero-order chi connectivity index (χ0) is 12.7. The predicted molar refractivity (Wildman–Crippen MR) is 67.6 cm³/mol. The molecule has 0 saturated carbocycles. The van der Waals surface area contributed by atoms with Crippen molar-refractivity contribution in [3.63, 3.8) is 0 Å². The highest BCUT2D eigenvalue weighted by Gasteiger charge is 2.07. The van der Waals surface area contributed by atoms with Gasteiger partial charge < -0.3 is 15.8 Å². The van der Waals surface area contributed by atoms with Crippen LogP contribution in [0.2, 0.25) is 0 Å². The molecule has 1 rings (SSSR count). The first kappa shape index (κ1) is 13.2. The Labute approximate surface area is 101 Å². The number of nitrogens with two attached hydrogens (primary N) is 1. The molecule has 0 aliphatic carbocycles. The predicted octanol–water partition coefficient (Wildman–Crippen LogP) is 1.07. The largest absolute Gasteiger partial charge is 0.465 e. The molecule has 0 aliphatic rings. The molecule has 92 valence electrons. The van der Waals surface area contributed by atoms with E-state index in [1.165, 1.54) is 13.3 Å². The van der Waals surface area contributed by atoms with Crippen molar-refractivity contribution in [2.75, 3.05) is 26.4 Å². The number of hydrogen-bond donors (Lipinski definition) is 2. The number of pyridine rings is 1. The quantitative estimate of drug-likeness (QED) is 0.589. The van der Waals surface area contributed by atoms with Crippen LogP contribution in [0, 0.1) is 0 Å². The lowest BCUT2D eigenvalue weighted by atomic mass is 10.1. The summed E-state index contributed by atoms with van der Waals surface area (Å²) in [7, 11) is 3.22. The zero-order valence-electron chi connectivity index (χ0n) is 10.1. The lowest BCUT2D eigenvalue weighted by Crippen LogP contribution is -2.06. The van der Waals surface area contributed by atoms with Crippen molar-refractivity contribution in [3.8, 4) is 0 Å². The summed E-state index contributed by atoms with van der Waals surface area (Å²) >= 11 is 0. The van der Waals surface area contributed by atoms with Crippen LogP contribution in [0.4, 0.5) is 5.82 Å². The number of esters is 1. The van der Waals surface area contributed by atoms with Crippen LogP contribution in [0.1, 0.15) is 22.3 Å². The summed E-state index contributed by atoms with van der Waals surface area (Å²) in [6, 6.07) is 1.67. The number of nitrogens with one attached hydrogen (secondary N) is 1. The van der Waals surface area contributed by atoms with Crippen molar-refractivity contribution in [3.05, 3.63) is 29.5 Å². The second kappa shape index (κ2) is 6.65. The lowest BCUT2D eigenvalue weighted by Gasteiger charge is -2.03. The molecule has 3 N–H and O–H groups in total. The number of aromatic nitrogens is 1. The number of methoxy groups -OCH3 is 1. The van der Waals surface area contributed by atoms with Crippen LogP contribution in [0.5, 0.6) is 0 Å². The van der Waals surface area contributed by atoms with Crippen molar-refractivity contribution in [1.29, 1.82) is 0 Å². The Balaban J connectivity index is 2.83. The van der Waals surface area contributed by atoms with Gasteiger partial charge in [-0.15, -0.1) is 0 Å². The van der Waals surface area contributed by atoms with E-state index in [0.717, 1.165) is 18.5 Å². The van der Waals surface area contributed by atoms with Gasteiger partial charge in [0.15, 0.2) is 0 Å². The van der Waals surface area contributed by atoms with Crippen LogP contribution in [0.15, 0.2) is 18.3 Å². The van der Waals surface area contributed by atoms with Gasteiger partial charge in [-0.05, 0) is 26.1 Å². The molecular formula is C12H17N3O2. The number of hydrogen-bond acceptors (Lipinski definition) is 5. The van der Waals surface area contributed by atoms with Crippen molar-refractivity contribution in [1.82, 2.24) is 10.3 Å². The first-order valence-electron chi connectivity index (χ1n) is 5.34. The Morgan fingerprint density at radius 1 is 1.65 bits per heavy atom. The van der Waals surface area contributed by atoms with Gasteiger partial charge >= 0.3 is 5.97 Å². The van der Waals surface area contributed by atoms with E-state index in [1.807, 2.05) is 19.2 Å². The summed E-state index contributed by atoms with van der Waals surface area (Å²) in [5.74, 6) is -0.0132. The summed E-state index contributed by atoms with van der Waals surface area (Å²) in [5.41, 5.74) is 6.84. The van der Waals surface area contributed by atoms with Gasteiger partial charge in [0.05, 0.1) is 12.7 Å². The number of ether oxygens (including phenoxy) is 1. The lowest BCUT2D eigenvalue weighted by molar-refractivity contribution is 0.0600. The maximum Gasteiger partial charge on any atom is 0.339 e. The Morgan fingerprint density at radius 2 is 2.41 bits per heavy atom. The van der Waals surface area contributed by atoms with E-state index in [4.69, 9.17) is 5.73 Å². The second-order valence-electron chi connectivity index (χ2n) is 3.48. The Morgan fingerprint density at radius 3 is 3.06 bits per heavy atom. The van der Waals surface area contributed by atoms with E-state index in [9.17, 15) is 4.79 Å². The number of nitrogen functional groups attached to an aromatic ring is 1. The van der Waals surface area contributed by atoms with Gasteiger partial charge in [-0.2, -0.15) is 0 Å². The summed E-state index contributed by atoms with van der Waals surface area (Å²) in [6.45, 7) is 0.889. The van der Waals surface area contributed by atoms with Crippen molar-refractivity contribution < 1.29 is 9.53 Å². The normalized spacial score (nSPS) is 10.7. The molecule has 1 heterocycles. The van der Waals surface area contributed by atoms with Gasteiger partial charge in [0.25, 0.3) is 0 Å². The van der Waals surface area contributed by atoms with E-state index < -0.39 is 5.97 Å². The average Bonchev–Trinajstić information content (AvgIpc) is 2.35. The van der Waals surface area contributed by atoms with Crippen LogP contribution < -0.4 is 11.1 Å². The topological polar surface area (TPSA) is 77.2 Å². The molecule has 5 heteroatoms. The molecule has 0 spiro atoms. The first-order valence-corrected chi connectivity index (χ1v) is 5.34. The standard InChI is InChI=1S/C12H17N3O2/c1-14-6-4-3-5-9-7-10(12(16)17-2)8-15-11(9)13/h3,5,7-8,14H,4,6H2,1-2H3,(H2,13,15). The molecule has 0 amide bonds. The van der Waals surface area contributed by atoms with E-state index in [1.54, 1.807) is 6.07 Å². The van der Waals surface area contributed by atoms with Crippen LogP contribution in [0.3, 0.4) is 0 Å². The molecule has 1 aromatic rings. The van der Waals surface area contributed by atoms with Crippen LogP contribution >= 0.6 is 0 Å². The third kappa shape index (κ3) is 3.88. The Hall–Kier alpha value is -1.88. The number of rotatable bonds is 5. The minimum absolute atomic E-state index is 0.398. The summed E-state index contributed by atoms with van der Waals surface area (Å²) < 4.78 is 4.62. The van der Waals surface area contributed by atoms with E-state index in [-0.39, 0.29) is 0 Å². The van der Waals surface area contributed by atoms with Crippen LogP contribution in [-0.4, -0.2) is 31.7 Å². The van der Waals surface area contributed by atoms with Gasteiger partial charge in [-0.1, -0.05) is 12.2 Å². The molecule has 0 saturated heterocycles. The molecule has 0 fully saturated rings. The third-order valence-electron chi connectivity index (χ3n) is 2.23. The fourth-order valence-corrected chi connectivity index (χ4v) is 1.29. The van der Waals surface area contributed by atoms with Crippen LogP contribution in [0.25, 0.3) is 6.08 Å². The van der Waals surface area contributed by atoms with Crippen molar-refractivity contribution in [2.45, 2.75) is 6.42 Å². The van der Waals surface area contributed by atoms with Gasteiger partial charge in [0.2, 0.25) is 0 Å². The maximum absolute atomic E-state index is 11.3. The summed E-state index contributed by atoms with van der Waals surface area (Å²) in [4.78, 5) is 15.3. The first-order chi connectivity index (χ1) is 8.19. The molecule has 0 bridgehead atoms. The maximum atomic E-state index is 11.3. The third-order valence-corrected chi connectivity index (χ3v) is 2.23. The van der Waals surface area contributed by atoms with E-state index in [2.05, 4.69) is 15.0 Å². The van der Waals surface area contributed by atoms with E-state index in [0.29, 0.717) is 11.4 Å². The highest BCUT2D eigenvalue weighted by atomic mass is 16.5. The highest BCUT2D eigenvalue weighted by molar-refractivity contribution is 5.90.